The molecular weight excluding hydrogens is 356 g/mol. The van der Waals surface area contributed by atoms with Crippen molar-refractivity contribution < 1.29 is 4.79 Å². The van der Waals surface area contributed by atoms with Crippen LogP contribution in [0.25, 0.3) is 0 Å². The molecule has 21 heavy (non-hydrogen) atoms. The Bertz CT molecular complexity index is 742. The van der Waals surface area contributed by atoms with Gasteiger partial charge in [0.1, 0.15) is 11.9 Å². The molecule has 1 aromatic heterocycles. The Balaban J connectivity index is 2.26. The van der Waals surface area contributed by atoms with E-state index in [4.69, 9.17) is 16.9 Å². The summed E-state index contributed by atoms with van der Waals surface area (Å²) < 4.78 is 0.764. The van der Waals surface area contributed by atoms with E-state index in [1.165, 1.54) is 12.3 Å². The summed E-state index contributed by atoms with van der Waals surface area (Å²) in [6.07, 6.45) is 1.41. The molecule has 0 saturated carbocycles. The minimum Gasteiger partial charge on any atom is -0.372 e. The van der Waals surface area contributed by atoms with Crippen molar-refractivity contribution in [1.82, 2.24) is 4.98 Å². The number of amides is 1. The van der Waals surface area contributed by atoms with E-state index in [-0.39, 0.29) is 5.91 Å². The Labute approximate surface area is 135 Å². The molecule has 1 aromatic carbocycles. The standard InChI is InChI=1S/C14H10BrClN4O/c1-18-13-11(16)5-9(7-19-13)14(21)20-12-3-2-10(15)4-8(12)6-17/h2-5,7H,1H3,(H,18,19)(H,20,21). The average molecular weight is 366 g/mol. The van der Waals surface area contributed by atoms with E-state index in [0.29, 0.717) is 27.7 Å². The van der Waals surface area contributed by atoms with E-state index in [1.54, 1.807) is 25.2 Å². The average Bonchev–Trinajstić information content (AvgIpc) is 2.48. The van der Waals surface area contributed by atoms with E-state index in [9.17, 15) is 4.79 Å². The molecular formula is C14H10BrClN4O. The lowest BCUT2D eigenvalue weighted by atomic mass is 10.2. The van der Waals surface area contributed by atoms with Gasteiger partial charge in [-0.25, -0.2) is 4.98 Å². The smallest absolute Gasteiger partial charge is 0.257 e. The summed E-state index contributed by atoms with van der Waals surface area (Å²) in [6.45, 7) is 0. The van der Waals surface area contributed by atoms with Crippen LogP contribution in [0.5, 0.6) is 0 Å². The number of aromatic nitrogens is 1. The molecule has 0 atom stereocenters. The van der Waals surface area contributed by atoms with Crippen LogP contribution in [-0.4, -0.2) is 17.9 Å². The van der Waals surface area contributed by atoms with Crippen molar-refractivity contribution in [3.63, 3.8) is 0 Å². The SMILES string of the molecule is CNc1ncc(C(=O)Nc2ccc(Br)cc2C#N)cc1Cl. The number of nitriles is 1. The highest BCUT2D eigenvalue weighted by atomic mass is 79.9. The van der Waals surface area contributed by atoms with Crippen molar-refractivity contribution in [2.45, 2.75) is 0 Å². The molecule has 7 heteroatoms. The van der Waals surface area contributed by atoms with Crippen LogP contribution in [0.3, 0.4) is 0 Å². The predicted octanol–water partition coefficient (Wildman–Crippen LogP) is 3.66. The largest absolute Gasteiger partial charge is 0.372 e. The minimum atomic E-state index is -0.383. The fraction of sp³-hybridized carbons (Fsp3) is 0.0714. The maximum atomic E-state index is 12.2. The fourth-order valence-electron chi connectivity index (χ4n) is 1.66. The molecule has 0 saturated heterocycles. The quantitative estimate of drug-likeness (QED) is 0.870. The monoisotopic (exact) mass is 364 g/mol. The lowest BCUT2D eigenvalue weighted by Gasteiger charge is -2.08. The van der Waals surface area contributed by atoms with Gasteiger partial charge < -0.3 is 10.6 Å². The molecule has 0 fully saturated rings. The van der Waals surface area contributed by atoms with Crippen LogP contribution in [-0.2, 0) is 0 Å². The molecule has 2 rings (SSSR count). The molecule has 0 unspecified atom stereocenters. The molecule has 5 nitrogen and oxygen atoms in total. The fourth-order valence-corrected chi connectivity index (χ4v) is 2.28. The molecule has 0 spiro atoms. The molecule has 106 valence electrons. The van der Waals surface area contributed by atoms with Crippen LogP contribution >= 0.6 is 27.5 Å². The second-order valence-electron chi connectivity index (χ2n) is 4.06. The van der Waals surface area contributed by atoms with Crippen molar-refractivity contribution in [2.24, 2.45) is 0 Å². The molecule has 1 amide bonds. The maximum Gasteiger partial charge on any atom is 0.257 e. The second kappa shape index (κ2) is 6.57. The third kappa shape index (κ3) is 3.51. The van der Waals surface area contributed by atoms with Gasteiger partial charge in [-0.05, 0) is 24.3 Å². The molecule has 0 radical (unpaired) electrons. The number of halogens is 2. The number of rotatable bonds is 3. The number of carbonyl (C=O) groups excluding carboxylic acids is 1. The summed E-state index contributed by atoms with van der Waals surface area (Å²) in [5, 5.41) is 14.9. The minimum absolute atomic E-state index is 0.311. The molecule has 0 bridgehead atoms. The lowest BCUT2D eigenvalue weighted by molar-refractivity contribution is 0.102. The Morgan fingerprint density at radius 3 is 2.81 bits per heavy atom. The van der Waals surface area contributed by atoms with E-state index in [2.05, 4.69) is 31.5 Å². The van der Waals surface area contributed by atoms with Gasteiger partial charge in [0.15, 0.2) is 0 Å². The van der Waals surface area contributed by atoms with E-state index < -0.39 is 0 Å². The zero-order valence-corrected chi connectivity index (χ0v) is 13.3. The Morgan fingerprint density at radius 2 is 2.19 bits per heavy atom. The summed E-state index contributed by atoms with van der Waals surface area (Å²) in [5.41, 5.74) is 1.11. The number of hydrogen-bond acceptors (Lipinski definition) is 4. The van der Waals surface area contributed by atoms with E-state index >= 15 is 0 Å². The highest BCUT2D eigenvalue weighted by Gasteiger charge is 2.12. The highest BCUT2D eigenvalue weighted by Crippen LogP contribution is 2.23. The number of pyridine rings is 1. The van der Waals surface area contributed by atoms with Crippen molar-refractivity contribution in [1.29, 1.82) is 5.26 Å². The van der Waals surface area contributed by atoms with E-state index in [0.717, 1.165) is 4.47 Å². The van der Waals surface area contributed by atoms with Crippen LogP contribution in [0.4, 0.5) is 11.5 Å². The van der Waals surface area contributed by atoms with Gasteiger partial charge in [-0.15, -0.1) is 0 Å². The van der Waals surface area contributed by atoms with Gasteiger partial charge in [-0.1, -0.05) is 27.5 Å². The first kappa shape index (κ1) is 15.3. The highest BCUT2D eigenvalue weighted by molar-refractivity contribution is 9.10. The third-order valence-corrected chi connectivity index (χ3v) is 3.47. The molecule has 2 aromatic rings. The number of benzene rings is 1. The van der Waals surface area contributed by atoms with Gasteiger partial charge in [0, 0.05) is 17.7 Å². The Hall–Kier alpha value is -2.10. The number of carbonyl (C=O) groups is 1. The van der Waals surface area contributed by atoms with Crippen molar-refractivity contribution >= 4 is 44.9 Å². The van der Waals surface area contributed by atoms with Gasteiger partial charge >= 0.3 is 0 Å². The normalized spacial score (nSPS) is 9.81. The summed E-state index contributed by atoms with van der Waals surface area (Å²) in [7, 11) is 1.69. The first-order valence-electron chi connectivity index (χ1n) is 5.89. The topological polar surface area (TPSA) is 77.8 Å². The van der Waals surface area contributed by atoms with Gasteiger partial charge in [0.05, 0.1) is 21.8 Å². The number of nitrogens with zero attached hydrogens (tertiary/aromatic N) is 2. The Kier molecular flexibility index (Phi) is 4.78. The molecule has 0 aliphatic rings. The van der Waals surface area contributed by atoms with Crippen molar-refractivity contribution in [2.75, 3.05) is 17.7 Å². The van der Waals surface area contributed by atoms with E-state index in [1.807, 2.05) is 6.07 Å². The van der Waals surface area contributed by atoms with Crippen LogP contribution in [0.15, 0.2) is 34.9 Å². The third-order valence-electron chi connectivity index (χ3n) is 2.69. The van der Waals surface area contributed by atoms with Crippen LogP contribution in [0, 0.1) is 11.3 Å². The number of nitrogens with one attached hydrogen (secondary N) is 2. The summed E-state index contributed by atoms with van der Waals surface area (Å²) >= 11 is 9.27. The zero-order valence-electron chi connectivity index (χ0n) is 10.9. The van der Waals surface area contributed by atoms with Gasteiger partial charge in [0.25, 0.3) is 5.91 Å². The summed E-state index contributed by atoms with van der Waals surface area (Å²) in [4.78, 5) is 16.2. The van der Waals surface area contributed by atoms with Crippen molar-refractivity contribution in [3.8, 4) is 6.07 Å². The predicted molar refractivity (Wildman–Crippen MR) is 85.6 cm³/mol. The maximum absolute atomic E-state index is 12.2. The molecule has 0 aliphatic heterocycles. The zero-order chi connectivity index (χ0) is 15.4. The Morgan fingerprint density at radius 1 is 1.43 bits per heavy atom. The second-order valence-corrected chi connectivity index (χ2v) is 5.38. The summed E-state index contributed by atoms with van der Waals surface area (Å²) in [5.74, 6) is 0.112. The van der Waals surface area contributed by atoms with Crippen molar-refractivity contribution in [3.05, 3.63) is 51.1 Å². The van der Waals surface area contributed by atoms with Crippen LogP contribution in [0.1, 0.15) is 15.9 Å². The first-order valence-corrected chi connectivity index (χ1v) is 7.06. The van der Waals surface area contributed by atoms with Crippen LogP contribution < -0.4 is 10.6 Å². The van der Waals surface area contributed by atoms with Gasteiger partial charge in [-0.3, -0.25) is 4.79 Å². The number of anilines is 2. The molecule has 1 heterocycles. The summed E-state index contributed by atoms with van der Waals surface area (Å²) in [6, 6.07) is 8.56. The van der Waals surface area contributed by atoms with Gasteiger partial charge in [-0.2, -0.15) is 5.26 Å². The lowest BCUT2D eigenvalue weighted by Crippen LogP contribution is -2.13. The molecule has 2 N–H and O–H groups in total. The van der Waals surface area contributed by atoms with Gasteiger partial charge in [0.2, 0.25) is 0 Å². The van der Waals surface area contributed by atoms with Crippen LogP contribution in [0.2, 0.25) is 5.02 Å². The first-order chi connectivity index (χ1) is 10.0. The number of hydrogen-bond donors (Lipinski definition) is 2. The molecule has 0 aliphatic carbocycles.